The maximum Gasteiger partial charge on any atom is 0.494 e. The number of nitrogens with zero attached hydrogens (tertiary/aromatic N) is 2. The van der Waals surface area contributed by atoms with E-state index in [-0.39, 0.29) is 24.2 Å². The highest BCUT2D eigenvalue weighted by Crippen LogP contribution is 2.36. The van der Waals surface area contributed by atoms with Gasteiger partial charge in [0.1, 0.15) is 0 Å². The Bertz CT molecular complexity index is 697. The third kappa shape index (κ3) is 3.74. The van der Waals surface area contributed by atoms with Crippen LogP contribution in [0.25, 0.3) is 0 Å². The number of likely N-dealkylation sites (tertiary alicyclic amines) is 2. The first-order valence-corrected chi connectivity index (χ1v) is 10.8. The van der Waals surface area contributed by atoms with Crippen molar-refractivity contribution in [2.24, 2.45) is 0 Å². The SMILES string of the molecule is CC1(C)OB(c2ccc(C(=O)N3CCC[C@@H]3CN3CCCC3)cc2)OC1(C)C. The van der Waals surface area contributed by atoms with Crippen molar-refractivity contribution in [3.8, 4) is 0 Å². The van der Waals surface area contributed by atoms with Gasteiger partial charge in [0.15, 0.2) is 0 Å². The average Bonchev–Trinajstić information content (AvgIpc) is 3.36. The van der Waals surface area contributed by atoms with Gasteiger partial charge in [-0.15, -0.1) is 0 Å². The molecule has 5 nitrogen and oxygen atoms in total. The van der Waals surface area contributed by atoms with Gasteiger partial charge in [0.05, 0.1) is 11.2 Å². The molecule has 0 aliphatic carbocycles. The Morgan fingerprint density at radius 1 is 1.00 bits per heavy atom. The summed E-state index contributed by atoms with van der Waals surface area (Å²) >= 11 is 0. The maximum absolute atomic E-state index is 13.1. The molecule has 0 saturated carbocycles. The Hall–Kier alpha value is -1.37. The van der Waals surface area contributed by atoms with Gasteiger partial charge in [0.25, 0.3) is 5.91 Å². The summed E-state index contributed by atoms with van der Waals surface area (Å²) in [5, 5.41) is 0. The highest BCUT2D eigenvalue weighted by molar-refractivity contribution is 6.62. The lowest BCUT2D eigenvalue weighted by molar-refractivity contribution is 0.00578. The van der Waals surface area contributed by atoms with Gasteiger partial charge in [-0.25, -0.2) is 0 Å². The third-order valence-electron chi connectivity index (χ3n) is 6.99. The Kier molecular flexibility index (Phi) is 5.32. The maximum atomic E-state index is 13.1. The van der Waals surface area contributed by atoms with Crippen LogP contribution in [0.2, 0.25) is 0 Å². The molecule has 0 unspecified atom stereocenters. The fraction of sp³-hybridized carbons (Fsp3) is 0.682. The van der Waals surface area contributed by atoms with Gasteiger partial charge >= 0.3 is 7.12 Å². The van der Waals surface area contributed by atoms with Crippen LogP contribution in [0.15, 0.2) is 24.3 Å². The van der Waals surface area contributed by atoms with Gasteiger partial charge in [-0.2, -0.15) is 0 Å². The molecule has 4 rings (SSSR count). The molecule has 6 heteroatoms. The summed E-state index contributed by atoms with van der Waals surface area (Å²) in [5.74, 6) is 0.155. The van der Waals surface area contributed by atoms with Gasteiger partial charge in [0.2, 0.25) is 0 Å². The Balaban J connectivity index is 1.43. The van der Waals surface area contributed by atoms with E-state index in [9.17, 15) is 4.79 Å². The van der Waals surface area contributed by atoms with E-state index in [2.05, 4.69) is 37.5 Å². The predicted octanol–water partition coefficient (Wildman–Crippen LogP) is 2.69. The topological polar surface area (TPSA) is 42.0 Å². The fourth-order valence-electron chi connectivity index (χ4n) is 4.48. The minimum Gasteiger partial charge on any atom is -0.399 e. The molecule has 28 heavy (non-hydrogen) atoms. The van der Waals surface area contributed by atoms with E-state index in [1.54, 1.807) is 0 Å². The van der Waals surface area contributed by atoms with Gasteiger partial charge in [-0.1, -0.05) is 12.1 Å². The molecule has 152 valence electrons. The molecule has 0 spiro atoms. The molecule has 1 aromatic carbocycles. The minimum atomic E-state index is -0.385. The quantitative estimate of drug-likeness (QED) is 0.749. The molecule has 3 aliphatic rings. The lowest BCUT2D eigenvalue weighted by Crippen LogP contribution is -2.42. The second-order valence-corrected chi connectivity index (χ2v) is 9.51. The fourth-order valence-corrected chi connectivity index (χ4v) is 4.48. The van der Waals surface area contributed by atoms with E-state index >= 15 is 0 Å². The smallest absolute Gasteiger partial charge is 0.399 e. The van der Waals surface area contributed by atoms with Crippen LogP contribution in [0.4, 0.5) is 0 Å². The summed E-state index contributed by atoms with van der Waals surface area (Å²) in [6, 6.07) is 8.15. The molecule has 3 saturated heterocycles. The average molecular weight is 384 g/mol. The molecule has 1 atom stereocenters. The number of hydrogen-bond acceptors (Lipinski definition) is 4. The number of amides is 1. The first-order valence-electron chi connectivity index (χ1n) is 10.8. The van der Waals surface area contributed by atoms with Gasteiger partial charge in [0, 0.05) is 24.7 Å². The number of benzene rings is 1. The summed E-state index contributed by atoms with van der Waals surface area (Å²) in [6.07, 6.45) is 4.81. The normalized spacial score (nSPS) is 26.9. The molecule has 3 heterocycles. The van der Waals surface area contributed by atoms with Crippen LogP contribution in [-0.4, -0.2) is 66.2 Å². The predicted molar refractivity (Wildman–Crippen MR) is 112 cm³/mol. The third-order valence-corrected chi connectivity index (χ3v) is 6.99. The van der Waals surface area contributed by atoms with Crippen molar-refractivity contribution in [3.63, 3.8) is 0 Å². The summed E-state index contributed by atoms with van der Waals surface area (Å²) in [7, 11) is -0.385. The Morgan fingerprint density at radius 3 is 2.21 bits per heavy atom. The molecule has 3 aliphatic heterocycles. The summed E-state index contributed by atoms with van der Waals surface area (Å²) in [4.78, 5) is 17.7. The zero-order chi connectivity index (χ0) is 19.9. The number of rotatable bonds is 4. The molecule has 0 aromatic heterocycles. The highest BCUT2D eigenvalue weighted by Gasteiger charge is 2.51. The largest absolute Gasteiger partial charge is 0.494 e. The van der Waals surface area contributed by atoms with Crippen molar-refractivity contribution in [2.75, 3.05) is 26.2 Å². The van der Waals surface area contributed by atoms with Crippen molar-refractivity contribution in [3.05, 3.63) is 29.8 Å². The van der Waals surface area contributed by atoms with E-state index < -0.39 is 0 Å². The molecule has 0 bridgehead atoms. The standard InChI is InChI=1S/C22H33BN2O3/c1-21(2)22(3,4)28-23(27-21)18-11-9-17(10-12-18)20(26)25-15-7-8-19(25)16-24-13-5-6-14-24/h9-12,19H,5-8,13-16H2,1-4H3/t19-/m1/s1. The zero-order valence-corrected chi connectivity index (χ0v) is 17.7. The number of carbonyl (C=O) groups is 1. The van der Waals surface area contributed by atoms with Crippen LogP contribution < -0.4 is 5.46 Å². The first kappa shape index (κ1) is 19.9. The van der Waals surface area contributed by atoms with Gasteiger partial charge in [-0.3, -0.25) is 4.79 Å². The Morgan fingerprint density at radius 2 is 1.61 bits per heavy atom. The van der Waals surface area contributed by atoms with E-state index in [0.717, 1.165) is 37.0 Å². The van der Waals surface area contributed by atoms with Crippen LogP contribution >= 0.6 is 0 Å². The van der Waals surface area contributed by atoms with Crippen LogP contribution in [0, 0.1) is 0 Å². The summed E-state index contributed by atoms with van der Waals surface area (Å²) in [5.41, 5.74) is 1.01. The van der Waals surface area contributed by atoms with Crippen molar-refractivity contribution in [2.45, 2.75) is 70.6 Å². The van der Waals surface area contributed by atoms with Crippen LogP contribution in [-0.2, 0) is 9.31 Å². The summed E-state index contributed by atoms with van der Waals surface area (Å²) in [6.45, 7) is 12.5. The van der Waals surface area contributed by atoms with Crippen molar-refractivity contribution in [1.82, 2.24) is 9.80 Å². The van der Waals surface area contributed by atoms with Crippen LogP contribution in [0.1, 0.15) is 63.7 Å². The van der Waals surface area contributed by atoms with Gasteiger partial charge < -0.3 is 19.1 Å². The lowest BCUT2D eigenvalue weighted by atomic mass is 9.79. The second-order valence-electron chi connectivity index (χ2n) is 9.51. The van der Waals surface area contributed by atoms with Gasteiger partial charge in [-0.05, 0) is 84.1 Å². The van der Waals surface area contributed by atoms with E-state index in [1.165, 1.54) is 25.9 Å². The molecule has 3 fully saturated rings. The molecule has 0 radical (unpaired) electrons. The minimum absolute atomic E-state index is 0.155. The Labute approximate surface area is 169 Å². The van der Waals surface area contributed by atoms with E-state index in [0.29, 0.717) is 6.04 Å². The first-order chi connectivity index (χ1) is 13.3. The monoisotopic (exact) mass is 384 g/mol. The van der Waals surface area contributed by atoms with Crippen molar-refractivity contribution in [1.29, 1.82) is 0 Å². The molecular weight excluding hydrogens is 351 g/mol. The highest BCUT2D eigenvalue weighted by atomic mass is 16.7. The molecular formula is C22H33BN2O3. The number of carbonyl (C=O) groups excluding carboxylic acids is 1. The van der Waals surface area contributed by atoms with Crippen molar-refractivity contribution >= 4 is 18.5 Å². The van der Waals surface area contributed by atoms with Crippen molar-refractivity contribution < 1.29 is 14.1 Å². The van der Waals surface area contributed by atoms with E-state index in [4.69, 9.17) is 9.31 Å². The second kappa shape index (κ2) is 7.47. The zero-order valence-electron chi connectivity index (χ0n) is 17.7. The van der Waals surface area contributed by atoms with E-state index in [1.807, 2.05) is 24.3 Å². The van der Waals surface area contributed by atoms with Crippen LogP contribution in [0.3, 0.4) is 0 Å². The molecule has 0 N–H and O–H groups in total. The lowest BCUT2D eigenvalue weighted by Gasteiger charge is -2.32. The molecule has 1 amide bonds. The summed E-state index contributed by atoms with van der Waals surface area (Å²) < 4.78 is 12.2. The number of hydrogen-bond donors (Lipinski definition) is 0. The molecule has 1 aromatic rings. The van der Waals surface area contributed by atoms with Crippen LogP contribution in [0.5, 0.6) is 0 Å².